The highest BCUT2D eigenvalue weighted by atomic mass is 32.2. The minimum atomic E-state index is -2.28. The molecule has 0 aromatic carbocycles. The van der Waals surface area contributed by atoms with Crippen molar-refractivity contribution in [3.8, 4) is 0 Å². The van der Waals surface area contributed by atoms with Crippen LogP contribution in [0.2, 0.25) is 0 Å². The molecule has 14 bridgehead atoms. The highest BCUT2D eigenvalue weighted by Crippen LogP contribution is 2.41. The fourth-order valence-corrected chi connectivity index (χ4v) is 15.5. The number of ether oxygens (including phenoxy) is 15. The number of hydrogen-bond donors (Lipinski definition) is 22. The van der Waals surface area contributed by atoms with Gasteiger partial charge in [-0.2, -0.15) is 23.5 Å². The van der Waals surface area contributed by atoms with E-state index < -0.39 is 290 Å². The predicted octanol–water partition coefficient (Wildman–Crippen LogP) is -12.4. The Labute approximate surface area is 596 Å². The summed E-state index contributed by atoms with van der Waals surface area (Å²) >= 11 is 1.73. The lowest BCUT2D eigenvalue weighted by Crippen LogP contribution is -2.68. The van der Waals surface area contributed by atoms with Gasteiger partial charge in [-0.15, -0.1) is 0 Å². The first kappa shape index (κ1) is 86.2. The average Bonchev–Trinajstić information content (AvgIpc) is 0.785. The molecule has 596 valence electrons. The summed E-state index contributed by atoms with van der Waals surface area (Å²) in [4.78, 5) is 48.8. The Hall–Kier alpha value is -2.42. The molecule has 0 radical (unpaired) electrons. The van der Waals surface area contributed by atoms with Crippen molar-refractivity contribution < 1.29 is 197 Å². The molecule has 37 atom stereocenters. The number of aliphatic carboxylic acids is 2. The number of likely N-dealkylation sites (N-methyl/N-ethyl adjacent to an activating group) is 1. The van der Waals surface area contributed by atoms with Crippen LogP contribution in [0.5, 0.6) is 0 Å². The van der Waals surface area contributed by atoms with Crippen molar-refractivity contribution in [3.05, 3.63) is 0 Å². The third-order valence-corrected chi connectivity index (χ3v) is 21.5. The zero-order valence-electron chi connectivity index (χ0n) is 55.8. The second kappa shape index (κ2) is 40.0. The van der Waals surface area contributed by atoms with Gasteiger partial charge in [-0.3, -0.25) is 19.2 Å². The van der Waals surface area contributed by atoms with E-state index in [1.165, 1.54) is 14.0 Å². The topological polar surface area (TPSA) is 644 Å². The summed E-state index contributed by atoms with van der Waals surface area (Å²) in [6, 6.07) is -1.18. The van der Waals surface area contributed by atoms with Crippen molar-refractivity contribution in [3.63, 3.8) is 0 Å². The van der Waals surface area contributed by atoms with E-state index in [1.807, 2.05) is 0 Å². The summed E-state index contributed by atoms with van der Waals surface area (Å²) in [7, 11) is 1.35. The maximum absolute atomic E-state index is 13.0. The van der Waals surface area contributed by atoms with Crippen LogP contribution in [0, 0.1) is 11.8 Å². The number of rotatable bonds is 27. The van der Waals surface area contributed by atoms with Gasteiger partial charge in [-0.05, 0) is 20.4 Å². The van der Waals surface area contributed by atoms with Gasteiger partial charge in [0.2, 0.25) is 0 Å². The number of Topliss-reactive ketones (excluding diaryl/α,β-unsaturated/α-hetero) is 2. The van der Waals surface area contributed by atoms with E-state index in [9.17, 15) is 126 Å². The highest BCUT2D eigenvalue weighted by Gasteiger charge is 2.60. The van der Waals surface area contributed by atoms with Crippen molar-refractivity contribution in [2.75, 3.05) is 89.5 Å². The molecule has 0 saturated carbocycles. The van der Waals surface area contributed by atoms with Gasteiger partial charge < -0.3 is 184 Å². The van der Waals surface area contributed by atoms with Crippen molar-refractivity contribution in [2.45, 2.75) is 247 Å². The molecule has 22 N–H and O–H groups in total. The number of carbonyl (C=O) groups is 4. The van der Waals surface area contributed by atoms with E-state index in [0.717, 1.165) is 23.5 Å². The van der Waals surface area contributed by atoms with E-state index in [-0.39, 0.29) is 68.1 Å². The first-order valence-corrected chi connectivity index (χ1v) is 35.9. The molecule has 41 nitrogen and oxygen atoms in total. The number of carbonyl (C=O) groups excluding carboxylic acids is 2. The first-order valence-electron chi connectivity index (χ1n) is 33.6. The molecule has 21 rings (SSSR count). The van der Waals surface area contributed by atoms with Crippen LogP contribution in [-0.2, 0) is 90.2 Å². The van der Waals surface area contributed by atoms with E-state index in [0.29, 0.717) is 0 Å². The molecule has 14 unspecified atom stereocenters. The Kier molecular flexibility index (Phi) is 33.5. The van der Waals surface area contributed by atoms with Crippen LogP contribution in [0.15, 0.2) is 0 Å². The normalized spacial score (nSPS) is 44.9. The van der Waals surface area contributed by atoms with Crippen LogP contribution in [0.25, 0.3) is 0 Å². The second-order valence-electron chi connectivity index (χ2n) is 26.2. The van der Waals surface area contributed by atoms with Gasteiger partial charge >= 0.3 is 11.9 Å². The van der Waals surface area contributed by atoms with Crippen molar-refractivity contribution in [1.29, 1.82) is 0 Å². The van der Waals surface area contributed by atoms with Crippen LogP contribution < -0.4 is 5.32 Å². The molecule has 21 saturated heterocycles. The van der Waals surface area contributed by atoms with E-state index in [1.54, 1.807) is 0 Å². The van der Waals surface area contributed by atoms with Gasteiger partial charge in [0.1, 0.15) is 158 Å². The Balaban J connectivity index is 1.08. The summed E-state index contributed by atoms with van der Waals surface area (Å²) in [5.41, 5.74) is 0. The Morgan fingerprint density at radius 2 is 0.709 bits per heavy atom. The molecule has 0 amide bonds. The molecule has 0 aromatic heterocycles. The molecule has 103 heavy (non-hydrogen) atoms. The monoisotopic (exact) mass is 1540 g/mol. The molecule has 21 aliphatic rings. The average molecular weight is 1540 g/mol. The Bertz CT molecular complexity index is 2610. The summed E-state index contributed by atoms with van der Waals surface area (Å²) in [5.74, 6) is -7.34. The highest BCUT2D eigenvalue weighted by molar-refractivity contribution is 7.99. The van der Waals surface area contributed by atoms with E-state index in [2.05, 4.69) is 5.32 Å². The number of aliphatic hydroxyl groups is 19. The van der Waals surface area contributed by atoms with Crippen LogP contribution in [0.3, 0.4) is 0 Å². The lowest BCUT2D eigenvalue weighted by Gasteiger charge is -2.50. The number of aliphatic hydroxyl groups excluding tert-OH is 19. The smallest absolute Gasteiger partial charge is 0.321 e. The van der Waals surface area contributed by atoms with Gasteiger partial charge in [0.05, 0.1) is 95.9 Å². The lowest BCUT2D eigenvalue weighted by atomic mass is 9.81. The predicted molar refractivity (Wildman–Crippen MR) is 335 cm³/mol. The standard InChI is InChI=1S/C60H99NO40S2/c1-20(67)3-5-87-7-8-88-6-4-22(68)9-21(53(83)84)16-102-18-31-51-35(71)34(70)25(89-31)10-23-26(11-62)90-55(41(77)33(23)69)96-47-27(12-63)94-59(45(81)38(47)74)101-52-32(19-103-17-24(61-2)54(85)86)95-60(46(82)40(52)76)99-50-30(15-66)92-57(43(79)37(50)73)97-48-28(13-64)91-56(42(78)36(48)72)98-49-29(14-65)93-58(100-51)44(80)39(49)75/h21,23-52,55-66,69-82H,3-19H2,1-2H3,(H,83,84)(H,85,86)/t21-,23-,24-,25-,26?,27?,28?,29?,30?,31?,32?,33?,34-,35?,36?,37?,38-,39-,40-,41+,42+,43+,44?,45?,46?,47-,48-,49-,50-,51-,52-,55-,56-,57-,58-,59-,60-/m1/s1. The Morgan fingerprint density at radius 3 is 1.06 bits per heavy atom. The first-order chi connectivity index (χ1) is 49.0. The fraction of sp³-hybridized carbons (Fsp3) is 0.933. The number of hydrogen-bond acceptors (Lipinski definition) is 41. The number of carboxylic acid groups (broad SMARTS) is 2. The maximum atomic E-state index is 13.0. The lowest BCUT2D eigenvalue weighted by molar-refractivity contribution is -0.395. The largest absolute Gasteiger partial charge is 0.481 e. The third kappa shape index (κ3) is 21.0. The number of carboxylic acids is 2. The van der Waals surface area contributed by atoms with E-state index in [4.69, 9.17) is 71.1 Å². The van der Waals surface area contributed by atoms with E-state index >= 15 is 0 Å². The van der Waals surface area contributed by atoms with Gasteiger partial charge in [-0.25, -0.2) is 0 Å². The van der Waals surface area contributed by atoms with Gasteiger partial charge in [0, 0.05) is 48.2 Å². The van der Waals surface area contributed by atoms with Gasteiger partial charge in [-0.1, -0.05) is 0 Å². The molecule has 0 aliphatic carbocycles. The maximum Gasteiger partial charge on any atom is 0.321 e. The minimum Gasteiger partial charge on any atom is -0.481 e. The van der Waals surface area contributed by atoms with Gasteiger partial charge in [0.15, 0.2) is 37.7 Å². The number of nitrogens with one attached hydrogen (secondary N) is 1. The van der Waals surface area contributed by atoms with Crippen LogP contribution in [0.1, 0.15) is 32.6 Å². The summed E-state index contributed by atoms with van der Waals surface area (Å²) < 4.78 is 87.9. The number of thioether (sulfide) groups is 2. The zero-order chi connectivity index (χ0) is 75.4. The Morgan fingerprint density at radius 1 is 0.388 bits per heavy atom. The zero-order valence-corrected chi connectivity index (χ0v) is 57.5. The molecular formula is C60H99NO40S2. The molecular weight excluding hydrogens is 1440 g/mol. The summed E-state index contributed by atoms with van der Waals surface area (Å²) in [6.07, 6.45) is -69.5. The van der Waals surface area contributed by atoms with Crippen molar-refractivity contribution in [1.82, 2.24) is 5.32 Å². The molecule has 21 aliphatic heterocycles. The summed E-state index contributed by atoms with van der Waals surface area (Å²) in [5, 5.41) is 240. The minimum absolute atomic E-state index is 0.0724. The second-order valence-corrected chi connectivity index (χ2v) is 28.4. The number of ketones is 2. The van der Waals surface area contributed by atoms with Crippen LogP contribution >= 0.6 is 23.5 Å². The third-order valence-electron chi connectivity index (χ3n) is 19.1. The van der Waals surface area contributed by atoms with Crippen molar-refractivity contribution in [2.24, 2.45) is 11.8 Å². The molecule has 0 spiro atoms. The van der Waals surface area contributed by atoms with Crippen LogP contribution in [0.4, 0.5) is 0 Å². The molecule has 21 heterocycles. The SMILES string of the molecule is CN[C@H](CSCC1O[C@@H]2O[C@@H]3C(CO)O[C@H](O[C@@H]4C(CO)O[C@H](O[C@@H]5C(CO)O[C@H](O[C@@H]6C(CSC[C@@H](CC(=O)CCOCCOCCC(C)=O)C(=O)O)O[C@H](C[C@@H]7C(CO)O[C@H](O[C@@H]8C(CO)O[C@H](O[C@H]1[C@H](O)C2O)C(O)[C@H]8O)[C@@H](O)C7O)[C@@H](O)C6O)C(O)[C@H]5O)[C@@H](O)C4O)[C@@H](O)C3O)C(=O)O. The van der Waals surface area contributed by atoms with Crippen LogP contribution in [-0.4, -0.2) is 435 Å². The quantitative estimate of drug-likeness (QED) is 0.0340. The molecule has 0 aromatic rings. The van der Waals surface area contributed by atoms with Gasteiger partial charge in [0.25, 0.3) is 0 Å². The van der Waals surface area contributed by atoms with Crippen molar-refractivity contribution >= 4 is 47.0 Å². The summed E-state index contributed by atoms with van der Waals surface area (Å²) in [6.45, 7) is -3.68. The molecule has 21 fully saturated rings. The fourth-order valence-electron chi connectivity index (χ4n) is 13.2. The molecule has 43 heteroatoms.